The SMILES string of the molecule is O=C(c1ccncc1Cl)N(Cc1ccsc1)C1CC1. The fourth-order valence-electron chi connectivity index (χ4n) is 2.04. The van der Waals surface area contributed by atoms with Crippen molar-refractivity contribution in [2.45, 2.75) is 25.4 Å². The molecule has 0 aromatic carbocycles. The van der Waals surface area contributed by atoms with E-state index in [0.29, 0.717) is 23.2 Å². The number of aromatic nitrogens is 1. The highest BCUT2D eigenvalue weighted by atomic mass is 35.5. The molecule has 0 atom stereocenters. The van der Waals surface area contributed by atoms with Crippen molar-refractivity contribution in [3.63, 3.8) is 0 Å². The van der Waals surface area contributed by atoms with Crippen LogP contribution in [0.5, 0.6) is 0 Å². The van der Waals surface area contributed by atoms with E-state index in [1.54, 1.807) is 23.6 Å². The van der Waals surface area contributed by atoms with Crippen molar-refractivity contribution in [3.8, 4) is 0 Å². The van der Waals surface area contributed by atoms with Crippen LogP contribution < -0.4 is 0 Å². The smallest absolute Gasteiger partial charge is 0.256 e. The van der Waals surface area contributed by atoms with Crippen LogP contribution in [-0.2, 0) is 6.54 Å². The van der Waals surface area contributed by atoms with Crippen molar-refractivity contribution < 1.29 is 4.79 Å². The topological polar surface area (TPSA) is 33.2 Å². The van der Waals surface area contributed by atoms with Gasteiger partial charge in [-0.2, -0.15) is 11.3 Å². The average Bonchev–Trinajstić information content (AvgIpc) is 3.13. The van der Waals surface area contributed by atoms with Gasteiger partial charge in [-0.15, -0.1) is 0 Å². The van der Waals surface area contributed by atoms with Crippen LogP contribution in [0.15, 0.2) is 35.3 Å². The van der Waals surface area contributed by atoms with E-state index in [1.165, 1.54) is 11.8 Å². The second-order valence-corrected chi connectivity index (χ2v) is 5.84. The van der Waals surface area contributed by atoms with E-state index in [2.05, 4.69) is 16.4 Å². The van der Waals surface area contributed by atoms with Gasteiger partial charge in [-0.1, -0.05) is 11.6 Å². The van der Waals surface area contributed by atoms with Gasteiger partial charge in [0, 0.05) is 25.0 Å². The molecular weight excluding hydrogens is 280 g/mol. The Morgan fingerprint density at radius 3 is 2.95 bits per heavy atom. The molecule has 3 nitrogen and oxygen atoms in total. The summed E-state index contributed by atoms with van der Waals surface area (Å²) in [5.41, 5.74) is 1.72. The lowest BCUT2D eigenvalue weighted by Crippen LogP contribution is -2.32. The molecule has 1 saturated carbocycles. The predicted octanol–water partition coefficient (Wildman–Crippen LogP) is 3.60. The number of carbonyl (C=O) groups is 1. The van der Waals surface area contributed by atoms with Gasteiger partial charge in [-0.25, -0.2) is 0 Å². The number of rotatable bonds is 4. The lowest BCUT2D eigenvalue weighted by molar-refractivity contribution is 0.0730. The Labute approximate surface area is 120 Å². The molecule has 0 radical (unpaired) electrons. The molecule has 0 saturated heterocycles. The number of pyridine rings is 1. The predicted molar refractivity (Wildman–Crippen MR) is 76.5 cm³/mol. The molecule has 2 aromatic rings. The molecule has 19 heavy (non-hydrogen) atoms. The molecule has 2 aromatic heterocycles. The second-order valence-electron chi connectivity index (χ2n) is 4.65. The zero-order chi connectivity index (χ0) is 13.2. The summed E-state index contributed by atoms with van der Waals surface area (Å²) in [4.78, 5) is 18.4. The number of carbonyl (C=O) groups excluding carboxylic acids is 1. The molecule has 0 spiro atoms. The van der Waals surface area contributed by atoms with E-state index in [0.717, 1.165) is 12.8 Å². The molecule has 1 aliphatic rings. The van der Waals surface area contributed by atoms with Crippen molar-refractivity contribution in [3.05, 3.63) is 51.4 Å². The highest BCUT2D eigenvalue weighted by molar-refractivity contribution is 7.07. The van der Waals surface area contributed by atoms with Crippen LogP contribution >= 0.6 is 22.9 Å². The molecule has 0 N–H and O–H groups in total. The number of halogens is 1. The van der Waals surface area contributed by atoms with E-state index in [1.807, 2.05) is 10.3 Å². The largest absolute Gasteiger partial charge is 0.331 e. The van der Waals surface area contributed by atoms with Gasteiger partial charge < -0.3 is 4.90 Å². The van der Waals surface area contributed by atoms with E-state index in [9.17, 15) is 4.79 Å². The average molecular weight is 293 g/mol. The second kappa shape index (κ2) is 5.31. The molecule has 2 heterocycles. The van der Waals surface area contributed by atoms with Crippen LogP contribution in [0.4, 0.5) is 0 Å². The monoisotopic (exact) mass is 292 g/mol. The van der Waals surface area contributed by atoms with E-state index < -0.39 is 0 Å². The summed E-state index contributed by atoms with van der Waals surface area (Å²) in [5, 5.41) is 4.53. The van der Waals surface area contributed by atoms with Gasteiger partial charge in [0.05, 0.1) is 10.6 Å². The Morgan fingerprint density at radius 1 is 1.47 bits per heavy atom. The number of thiophene rings is 1. The summed E-state index contributed by atoms with van der Waals surface area (Å²) in [6, 6.07) is 4.10. The molecule has 98 valence electrons. The maximum Gasteiger partial charge on any atom is 0.256 e. The van der Waals surface area contributed by atoms with Gasteiger partial charge in [0.1, 0.15) is 0 Å². The first-order valence-corrected chi connectivity index (χ1v) is 7.49. The number of hydrogen-bond acceptors (Lipinski definition) is 3. The zero-order valence-electron chi connectivity index (χ0n) is 10.3. The highest BCUT2D eigenvalue weighted by Crippen LogP contribution is 2.31. The Hall–Kier alpha value is -1.39. The van der Waals surface area contributed by atoms with Crippen LogP contribution in [0.25, 0.3) is 0 Å². The van der Waals surface area contributed by atoms with Gasteiger partial charge >= 0.3 is 0 Å². The Balaban J connectivity index is 1.84. The van der Waals surface area contributed by atoms with Crippen molar-refractivity contribution in [2.75, 3.05) is 0 Å². The van der Waals surface area contributed by atoms with Gasteiger partial charge in [0.2, 0.25) is 0 Å². The summed E-state index contributed by atoms with van der Waals surface area (Å²) < 4.78 is 0. The van der Waals surface area contributed by atoms with Crippen LogP contribution in [0, 0.1) is 0 Å². The van der Waals surface area contributed by atoms with Gasteiger partial charge in [0.25, 0.3) is 5.91 Å². The summed E-state index contributed by atoms with van der Waals surface area (Å²) in [6.45, 7) is 0.658. The summed E-state index contributed by atoms with van der Waals surface area (Å²) in [5.74, 6) is 0.00102. The molecule has 3 rings (SSSR count). The summed E-state index contributed by atoms with van der Waals surface area (Å²) in [6.07, 6.45) is 5.29. The van der Waals surface area contributed by atoms with Crippen molar-refractivity contribution >= 4 is 28.8 Å². The molecular formula is C14H13ClN2OS. The normalized spacial score (nSPS) is 14.4. The van der Waals surface area contributed by atoms with E-state index >= 15 is 0 Å². The minimum Gasteiger partial charge on any atom is -0.331 e. The van der Waals surface area contributed by atoms with Crippen molar-refractivity contribution in [1.82, 2.24) is 9.88 Å². The highest BCUT2D eigenvalue weighted by Gasteiger charge is 2.33. The third-order valence-electron chi connectivity index (χ3n) is 3.18. The van der Waals surface area contributed by atoms with Crippen LogP contribution in [0.3, 0.4) is 0 Å². The van der Waals surface area contributed by atoms with Crippen LogP contribution in [0.2, 0.25) is 5.02 Å². The molecule has 1 fully saturated rings. The molecule has 0 aliphatic heterocycles. The maximum atomic E-state index is 12.6. The number of nitrogens with zero attached hydrogens (tertiary/aromatic N) is 2. The third-order valence-corrected chi connectivity index (χ3v) is 4.22. The Kier molecular flexibility index (Phi) is 3.53. The van der Waals surface area contributed by atoms with Crippen molar-refractivity contribution in [2.24, 2.45) is 0 Å². The van der Waals surface area contributed by atoms with Gasteiger partial charge in [0.15, 0.2) is 0 Å². The first-order valence-electron chi connectivity index (χ1n) is 6.17. The van der Waals surface area contributed by atoms with Crippen LogP contribution in [-0.4, -0.2) is 21.8 Å². The molecule has 0 bridgehead atoms. The number of hydrogen-bond donors (Lipinski definition) is 0. The minimum atomic E-state index is 0.00102. The standard InChI is InChI=1S/C14H13ClN2OS/c15-13-7-16-5-3-12(13)14(18)17(11-1-2-11)8-10-4-6-19-9-10/h3-7,9,11H,1-2,8H2. The fraction of sp³-hybridized carbons (Fsp3) is 0.286. The minimum absolute atomic E-state index is 0.00102. The maximum absolute atomic E-state index is 12.6. The van der Waals surface area contributed by atoms with Gasteiger partial charge in [-0.3, -0.25) is 9.78 Å². The quantitative estimate of drug-likeness (QED) is 0.862. The third kappa shape index (κ3) is 2.80. The fourth-order valence-corrected chi connectivity index (χ4v) is 2.90. The van der Waals surface area contributed by atoms with E-state index in [4.69, 9.17) is 11.6 Å². The lowest BCUT2D eigenvalue weighted by Gasteiger charge is -2.22. The molecule has 1 amide bonds. The van der Waals surface area contributed by atoms with E-state index in [-0.39, 0.29) is 5.91 Å². The number of amides is 1. The summed E-state index contributed by atoms with van der Waals surface area (Å²) >= 11 is 7.71. The first kappa shape index (κ1) is 12.6. The summed E-state index contributed by atoms with van der Waals surface area (Å²) in [7, 11) is 0. The van der Waals surface area contributed by atoms with Crippen molar-refractivity contribution in [1.29, 1.82) is 0 Å². The van der Waals surface area contributed by atoms with Gasteiger partial charge in [-0.05, 0) is 41.3 Å². The molecule has 1 aliphatic carbocycles. The van der Waals surface area contributed by atoms with Crippen LogP contribution in [0.1, 0.15) is 28.8 Å². The Morgan fingerprint density at radius 2 is 2.32 bits per heavy atom. The Bertz CT molecular complexity index is 581. The first-order chi connectivity index (χ1) is 9.25. The molecule has 0 unspecified atom stereocenters. The zero-order valence-corrected chi connectivity index (χ0v) is 11.8. The molecule has 5 heteroatoms. The lowest BCUT2D eigenvalue weighted by atomic mass is 10.2.